The van der Waals surface area contributed by atoms with Crippen LogP contribution in [0.5, 0.6) is 0 Å². The van der Waals surface area contributed by atoms with Crippen LogP contribution in [0.2, 0.25) is 0 Å². The molecule has 0 aromatic heterocycles. The van der Waals surface area contributed by atoms with Crippen molar-refractivity contribution >= 4 is 21.9 Å². The monoisotopic (exact) mass is 306 g/mol. The fraction of sp³-hybridized carbons (Fsp3) is 0.364. The number of aliphatic hydroxyl groups is 2. The van der Waals surface area contributed by atoms with E-state index in [1.807, 2.05) is 0 Å². The summed E-state index contributed by atoms with van der Waals surface area (Å²) in [5.74, 6) is -1.80. The largest absolute Gasteiger partial charge is 0.481 e. The van der Waals surface area contributed by atoms with E-state index in [0.29, 0.717) is 0 Å². The van der Waals surface area contributed by atoms with Crippen LogP contribution in [0.4, 0.5) is 4.39 Å². The first-order valence-electron chi connectivity index (χ1n) is 4.88. The summed E-state index contributed by atoms with van der Waals surface area (Å²) in [4.78, 5) is 10.5. The lowest BCUT2D eigenvalue weighted by molar-refractivity contribution is -0.136. The number of hydrogen-bond donors (Lipinski definition) is 3. The lowest BCUT2D eigenvalue weighted by Gasteiger charge is -2.16. The summed E-state index contributed by atoms with van der Waals surface area (Å²) in [6.45, 7) is 0. The van der Waals surface area contributed by atoms with Gasteiger partial charge in [0.2, 0.25) is 0 Å². The molecule has 0 aliphatic carbocycles. The van der Waals surface area contributed by atoms with Crippen molar-refractivity contribution in [2.45, 2.75) is 18.6 Å². The zero-order valence-corrected chi connectivity index (χ0v) is 10.4. The van der Waals surface area contributed by atoms with Gasteiger partial charge in [-0.15, -0.1) is 0 Å². The number of carbonyl (C=O) groups is 1. The third kappa shape index (κ3) is 3.76. The van der Waals surface area contributed by atoms with Gasteiger partial charge in [-0.25, -0.2) is 4.39 Å². The van der Waals surface area contributed by atoms with Crippen molar-refractivity contribution in [2.24, 2.45) is 0 Å². The van der Waals surface area contributed by atoms with E-state index in [1.54, 1.807) is 0 Å². The molecule has 6 heteroatoms. The first kappa shape index (κ1) is 14.1. The summed E-state index contributed by atoms with van der Waals surface area (Å²) in [7, 11) is 0. The molecule has 2 atom stereocenters. The molecular formula is C11H12BrFO4. The van der Waals surface area contributed by atoms with Crippen molar-refractivity contribution in [3.05, 3.63) is 35.1 Å². The van der Waals surface area contributed by atoms with Crippen molar-refractivity contribution in [3.63, 3.8) is 0 Å². The highest BCUT2D eigenvalue weighted by molar-refractivity contribution is 9.09. The van der Waals surface area contributed by atoms with Gasteiger partial charge < -0.3 is 15.3 Å². The second kappa shape index (κ2) is 6.09. The van der Waals surface area contributed by atoms with E-state index >= 15 is 0 Å². The number of halogens is 2. The van der Waals surface area contributed by atoms with E-state index in [9.17, 15) is 19.4 Å². The zero-order valence-electron chi connectivity index (χ0n) is 8.81. The van der Waals surface area contributed by atoms with Crippen LogP contribution < -0.4 is 0 Å². The van der Waals surface area contributed by atoms with Crippen LogP contribution >= 0.6 is 15.9 Å². The van der Waals surface area contributed by atoms with Crippen molar-refractivity contribution < 1.29 is 24.5 Å². The van der Waals surface area contributed by atoms with Gasteiger partial charge in [-0.2, -0.15) is 0 Å². The average Bonchev–Trinajstić information content (AvgIpc) is 2.29. The summed E-state index contributed by atoms with van der Waals surface area (Å²) in [6, 6.07) is 3.65. The quantitative estimate of drug-likeness (QED) is 0.715. The fourth-order valence-electron chi connectivity index (χ4n) is 1.38. The Morgan fingerprint density at radius 2 is 2.06 bits per heavy atom. The Hall–Kier alpha value is -0.980. The molecule has 0 saturated heterocycles. The summed E-state index contributed by atoms with van der Waals surface area (Å²) in [6.07, 6.45) is -2.67. The second-order valence-corrected chi connectivity index (χ2v) is 4.24. The number of benzene rings is 1. The Bertz CT molecular complexity index is 410. The molecule has 3 N–H and O–H groups in total. The lowest BCUT2D eigenvalue weighted by Crippen LogP contribution is -2.19. The predicted octanol–water partition coefficient (Wildman–Crippen LogP) is 1.24. The molecule has 0 aliphatic rings. The van der Waals surface area contributed by atoms with Gasteiger partial charge in [-0.3, -0.25) is 4.79 Å². The highest BCUT2D eigenvalue weighted by Crippen LogP contribution is 2.21. The van der Waals surface area contributed by atoms with Gasteiger partial charge in [0.15, 0.2) is 0 Å². The number of aliphatic carboxylic acids is 1. The minimum Gasteiger partial charge on any atom is -0.481 e. The molecule has 0 amide bonds. The first-order valence-corrected chi connectivity index (χ1v) is 6.00. The van der Waals surface area contributed by atoms with E-state index in [4.69, 9.17) is 5.11 Å². The Morgan fingerprint density at radius 1 is 1.41 bits per heavy atom. The van der Waals surface area contributed by atoms with Crippen LogP contribution in [0.3, 0.4) is 0 Å². The van der Waals surface area contributed by atoms with Crippen LogP contribution in [0.25, 0.3) is 0 Å². The molecule has 0 aliphatic heterocycles. The van der Waals surface area contributed by atoms with E-state index in [0.717, 1.165) is 6.07 Å². The Kier molecular flexibility index (Phi) is 5.04. The second-order valence-electron chi connectivity index (χ2n) is 3.59. The Balaban J connectivity index is 2.99. The predicted molar refractivity (Wildman–Crippen MR) is 62.5 cm³/mol. The fourth-order valence-corrected chi connectivity index (χ4v) is 1.74. The molecule has 4 nitrogen and oxygen atoms in total. The van der Waals surface area contributed by atoms with Crippen molar-refractivity contribution in [2.75, 3.05) is 5.33 Å². The first-order chi connectivity index (χ1) is 7.95. The number of carboxylic acids is 1. The minimum atomic E-state index is -1.18. The van der Waals surface area contributed by atoms with E-state index in [2.05, 4.69) is 15.9 Å². The molecule has 0 heterocycles. The normalized spacial score (nSPS) is 14.4. The van der Waals surface area contributed by atoms with Gasteiger partial charge in [0.1, 0.15) is 11.9 Å². The highest BCUT2D eigenvalue weighted by Gasteiger charge is 2.19. The average molecular weight is 307 g/mol. The van der Waals surface area contributed by atoms with Crippen molar-refractivity contribution in [1.29, 1.82) is 0 Å². The molecule has 1 aromatic rings. The summed E-state index contributed by atoms with van der Waals surface area (Å²) in [5.41, 5.74) is 0.269. The standard InChI is InChI=1S/C11H12BrFO4/c12-5-9(14)11(17)6-1-2-8(13)7(3-6)4-10(15)16/h1-3,9,11,14,17H,4-5H2,(H,15,16). The van der Waals surface area contributed by atoms with Crippen molar-refractivity contribution in [3.8, 4) is 0 Å². The number of hydrogen-bond acceptors (Lipinski definition) is 3. The number of rotatable bonds is 5. The zero-order chi connectivity index (χ0) is 13.0. The van der Waals surface area contributed by atoms with Crippen molar-refractivity contribution in [1.82, 2.24) is 0 Å². The maximum atomic E-state index is 13.3. The maximum absolute atomic E-state index is 13.3. The molecule has 94 valence electrons. The molecule has 0 spiro atoms. The van der Waals surface area contributed by atoms with Gasteiger partial charge in [0, 0.05) is 5.33 Å². The van der Waals surface area contributed by atoms with Crippen LogP contribution in [0.1, 0.15) is 17.2 Å². The molecule has 0 bridgehead atoms. The van der Waals surface area contributed by atoms with Crippen LogP contribution in [-0.4, -0.2) is 32.7 Å². The summed E-state index contributed by atoms with van der Waals surface area (Å²) < 4.78 is 13.3. The molecule has 0 fully saturated rings. The van der Waals surface area contributed by atoms with Crippen LogP contribution in [0, 0.1) is 5.82 Å². The lowest BCUT2D eigenvalue weighted by atomic mass is 10.0. The molecule has 1 aromatic carbocycles. The van der Waals surface area contributed by atoms with E-state index in [-0.39, 0.29) is 16.5 Å². The summed E-state index contributed by atoms with van der Waals surface area (Å²) in [5, 5.41) is 27.9. The van der Waals surface area contributed by atoms with Gasteiger partial charge in [0.05, 0.1) is 12.5 Å². The Morgan fingerprint density at radius 3 is 2.59 bits per heavy atom. The van der Waals surface area contributed by atoms with E-state index in [1.165, 1.54) is 12.1 Å². The molecule has 1 rings (SSSR count). The number of carboxylic acid groups (broad SMARTS) is 1. The minimum absolute atomic E-state index is 0.0178. The molecule has 0 radical (unpaired) electrons. The highest BCUT2D eigenvalue weighted by atomic mass is 79.9. The smallest absolute Gasteiger partial charge is 0.307 e. The molecule has 2 unspecified atom stereocenters. The number of alkyl halides is 1. The molecule has 0 saturated carbocycles. The van der Waals surface area contributed by atoms with Gasteiger partial charge in [-0.1, -0.05) is 22.0 Å². The van der Waals surface area contributed by atoms with Gasteiger partial charge >= 0.3 is 5.97 Å². The molecular weight excluding hydrogens is 295 g/mol. The van der Waals surface area contributed by atoms with Gasteiger partial charge in [0.25, 0.3) is 0 Å². The van der Waals surface area contributed by atoms with Gasteiger partial charge in [-0.05, 0) is 23.3 Å². The third-order valence-corrected chi connectivity index (χ3v) is 2.94. The van der Waals surface area contributed by atoms with E-state index < -0.39 is 30.4 Å². The maximum Gasteiger partial charge on any atom is 0.307 e. The van der Waals surface area contributed by atoms with Crippen LogP contribution in [0.15, 0.2) is 18.2 Å². The van der Waals surface area contributed by atoms with Crippen LogP contribution in [-0.2, 0) is 11.2 Å². The topological polar surface area (TPSA) is 77.8 Å². The number of aliphatic hydroxyl groups excluding tert-OH is 2. The SMILES string of the molecule is O=C(O)Cc1cc(C(O)C(O)CBr)ccc1F. The third-order valence-electron chi connectivity index (χ3n) is 2.28. The molecule has 17 heavy (non-hydrogen) atoms. The Labute approximate surface area is 106 Å². The summed E-state index contributed by atoms with van der Waals surface area (Å²) >= 11 is 3.01.